The molecule has 0 fully saturated rings. The van der Waals surface area contributed by atoms with Gasteiger partial charge in [0.15, 0.2) is 0 Å². The van der Waals surface area contributed by atoms with Gasteiger partial charge in [0, 0.05) is 12.6 Å². The van der Waals surface area contributed by atoms with Crippen LogP contribution in [-0.2, 0) is 0 Å². The largest absolute Gasteiger partial charge is 0.396 e. The van der Waals surface area contributed by atoms with Gasteiger partial charge in [-0.25, -0.2) is 0 Å². The summed E-state index contributed by atoms with van der Waals surface area (Å²) in [6, 6.07) is 6.38. The smallest absolute Gasteiger partial charge is 0.0431 e. The van der Waals surface area contributed by atoms with Crippen molar-refractivity contribution >= 4 is 12.4 Å². The van der Waals surface area contributed by atoms with Gasteiger partial charge in [0.25, 0.3) is 0 Å². The van der Waals surface area contributed by atoms with Crippen LogP contribution in [0.1, 0.15) is 35.6 Å². The van der Waals surface area contributed by atoms with Crippen LogP contribution in [0, 0.1) is 13.8 Å². The highest BCUT2D eigenvalue weighted by Gasteiger charge is 2.07. The normalized spacial score (nSPS) is 12.0. The Bertz CT molecular complexity index is 302. The third kappa shape index (κ3) is 4.20. The highest BCUT2D eigenvalue weighted by atomic mass is 35.5. The maximum atomic E-state index is 8.72. The number of nitrogens with two attached hydrogens (primary N) is 1. The molecule has 1 aromatic rings. The molecule has 0 spiro atoms. The van der Waals surface area contributed by atoms with E-state index in [1.165, 1.54) is 16.7 Å². The van der Waals surface area contributed by atoms with Crippen molar-refractivity contribution in [2.45, 2.75) is 32.7 Å². The van der Waals surface area contributed by atoms with E-state index >= 15 is 0 Å². The Morgan fingerprint density at radius 1 is 1.33 bits per heavy atom. The van der Waals surface area contributed by atoms with Crippen LogP contribution in [0.3, 0.4) is 0 Å². The SMILES string of the molecule is Cc1ccc([C@H](N)CCCO)c(C)c1.Cl. The molecular formula is C12H20ClNO. The minimum absolute atomic E-state index is 0. The first-order valence-corrected chi connectivity index (χ1v) is 5.08. The van der Waals surface area contributed by atoms with E-state index in [1.807, 2.05) is 0 Å². The Balaban J connectivity index is 0.00000196. The van der Waals surface area contributed by atoms with Crippen molar-refractivity contribution in [2.24, 2.45) is 5.73 Å². The predicted molar refractivity (Wildman–Crippen MR) is 66.4 cm³/mol. The van der Waals surface area contributed by atoms with Gasteiger partial charge in [-0.2, -0.15) is 0 Å². The molecule has 2 nitrogen and oxygen atoms in total. The molecule has 0 saturated heterocycles. The summed E-state index contributed by atoms with van der Waals surface area (Å²) in [6.45, 7) is 4.38. The van der Waals surface area contributed by atoms with E-state index in [2.05, 4.69) is 32.0 Å². The summed E-state index contributed by atoms with van der Waals surface area (Å²) < 4.78 is 0. The number of hydrogen-bond acceptors (Lipinski definition) is 2. The first kappa shape index (κ1) is 14.4. The third-order valence-electron chi connectivity index (χ3n) is 2.50. The summed E-state index contributed by atoms with van der Waals surface area (Å²) in [5, 5.41) is 8.72. The Kier molecular flexibility index (Phi) is 6.57. The fourth-order valence-corrected chi connectivity index (χ4v) is 1.71. The molecule has 0 aliphatic rings. The molecule has 0 unspecified atom stereocenters. The lowest BCUT2D eigenvalue weighted by Gasteiger charge is -2.14. The maximum absolute atomic E-state index is 8.72. The van der Waals surface area contributed by atoms with Gasteiger partial charge in [-0.3, -0.25) is 0 Å². The van der Waals surface area contributed by atoms with Crippen molar-refractivity contribution in [3.8, 4) is 0 Å². The first-order chi connectivity index (χ1) is 6.65. The molecule has 0 aliphatic carbocycles. The molecular weight excluding hydrogens is 210 g/mol. The van der Waals surface area contributed by atoms with Crippen LogP contribution in [-0.4, -0.2) is 11.7 Å². The lowest BCUT2D eigenvalue weighted by molar-refractivity contribution is 0.280. The van der Waals surface area contributed by atoms with Crippen LogP contribution >= 0.6 is 12.4 Å². The number of halogens is 1. The van der Waals surface area contributed by atoms with Crippen LogP contribution in [0.25, 0.3) is 0 Å². The van der Waals surface area contributed by atoms with Gasteiger partial charge in [0.2, 0.25) is 0 Å². The van der Waals surface area contributed by atoms with Gasteiger partial charge in [-0.05, 0) is 37.8 Å². The minimum atomic E-state index is 0. The van der Waals surface area contributed by atoms with E-state index in [-0.39, 0.29) is 25.1 Å². The average Bonchev–Trinajstić information content (AvgIpc) is 2.14. The fraction of sp³-hybridized carbons (Fsp3) is 0.500. The Labute approximate surface area is 97.9 Å². The van der Waals surface area contributed by atoms with Crippen molar-refractivity contribution < 1.29 is 5.11 Å². The second-order valence-electron chi connectivity index (χ2n) is 3.83. The number of aliphatic hydroxyl groups excluding tert-OH is 1. The van der Waals surface area contributed by atoms with Crippen LogP contribution in [0.4, 0.5) is 0 Å². The molecule has 3 N–H and O–H groups in total. The Morgan fingerprint density at radius 3 is 2.53 bits per heavy atom. The number of rotatable bonds is 4. The van der Waals surface area contributed by atoms with Gasteiger partial charge in [0.1, 0.15) is 0 Å². The molecule has 0 heterocycles. The van der Waals surface area contributed by atoms with E-state index in [1.54, 1.807) is 0 Å². The van der Waals surface area contributed by atoms with Gasteiger partial charge in [-0.15, -0.1) is 12.4 Å². The zero-order chi connectivity index (χ0) is 10.6. The van der Waals surface area contributed by atoms with Crippen molar-refractivity contribution in [1.82, 2.24) is 0 Å². The summed E-state index contributed by atoms with van der Waals surface area (Å²) >= 11 is 0. The van der Waals surface area contributed by atoms with Crippen molar-refractivity contribution in [2.75, 3.05) is 6.61 Å². The molecule has 86 valence electrons. The van der Waals surface area contributed by atoms with Crippen LogP contribution < -0.4 is 5.73 Å². The molecule has 0 saturated carbocycles. The third-order valence-corrected chi connectivity index (χ3v) is 2.50. The van der Waals surface area contributed by atoms with E-state index in [0.717, 1.165) is 12.8 Å². The molecule has 0 amide bonds. The molecule has 0 radical (unpaired) electrons. The highest BCUT2D eigenvalue weighted by Crippen LogP contribution is 2.20. The number of hydrogen-bond donors (Lipinski definition) is 2. The summed E-state index contributed by atoms with van der Waals surface area (Å²) in [4.78, 5) is 0. The first-order valence-electron chi connectivity index (χ1n) is 5.08. The standard InChI is InChI=1S/C12H19NO.ClH/c1-9-5-6-11(10(2)8-9)12(13)4-3-7-14;/h5-6,8,12,14H,3-4,7,13H2,1-2H3;1H/t12-;/m1./s1. The van der Waals surface area contributed by atoms with Gasteiger partial charge in [-0.1, -0.05) is 23.8 Å². The molecule has 1 rings (SSSR count). The highest BCUT2D eigenvalue weighted by molar-refractivity contribution is 5.85. The van der Waals surface area contributed by atoms with Crippen molar-refractivity contribution in [1.29, 1.82) is 0 Å². The maximum Gasteiger partial charge on any atom is 0.0431 e. The fourth-order valence-electron chi connectivity index (χ4n) is 1.71. The predicted octanol–water partition coefficient (Wildman–Crippen LogP) is 2.50. The summed E-state index contributed by atoms with van der Waals surface area (Å²) in [7, 11) is 0. The summed E-state index contributed by atoms with van der Waals surface area (Å²) in [5.41, 5.74) is 9.73. The lowest BCUT2D eigenvalue weighted by atomic mass is 9.97. The Hall–Kier alpha value is -0.570. The molecule has 0 aromatic heterocycles. The van der Waals surface area contributed by atoms with Crippen LogP contribution in [0.15, 0.2) is 18.2 Å². The quantitative estimate of drug-likeness (QED) is 0.834. The Morgan fingerprint density at radius 2 is 2.00 bits per heavy atom. The molecule has 1 atom stereocenters. The summed E-state index contributed by atoms with van der Waals surface area (Å²) in [6.07, 6.45) is 1.62. The van der Waals surface area contributed by atoms with Gasteiger partial charge in [0.05, 0.1) is 0 Å². The summed E-state index contributed by atoms with van der Waals surface area (Å²) in [5.74, 6) is 0. The molecule has 0 bridgehead atoms. The zero-order valence-electron chi connectivity index (χ0n) is 9.36. The van der Waals surface area contributed by atoms with E-state index < -0.39 is 0 Å². The molecule has 15 heavy (non-hydrogen) atoms. The van der Waals surface area contributed by atoms with Crippen LogP contribution in [0.2, 0.25) is 0 Å². The van der Waals surface area contributed by atoms with Crippen LogP contribution in [0.5, 0.6) is 0 Å². The zero-order valence-corrected chi connectivity index (χ0v) is 10.2. The lowest BCUT2D eigenvalue weighted by Crippen LogP contribution is -2.12. The number of aliphatic hydroxyl groups is 1. The van der Waals surface area contributed by atoms with E-state index in [4.69, 9.17) is 10.8 Å². The second-order valence-corrected chi connectivity index (χ2v) is 3.83. The van der Waals surface area contributed by atoms with Crippen molar-refractivity contribution in [3.63, 3.8) is 0 Å². The second kappa shape index (κ2) is 6.83. The monoisotopic (exact) mass is 229 g/mol. The van der Waals surface area contributed by atoms with E-state index in [9.17, 15) is 0 Å². The van der Waals surface area contributed by atoms with Gasteiger partial charge < -0.3 is 10.8 Å². The number of aryl methyl sites for hydroxylation is 2. The molecule has 0 aliphatic heterocycles. The van der Waals surface area contributed by atoms with Crippen molar-refractivity contribution in [3.05, 3.63) is 34.9 Å². The van der Waals surface area contributed by atoms with E-state index in [0.29, 0.717) is 0 Å². The topological polar surface area (TPSA) is 46.2 Å². The number of benzene rings is 1. The van der Waals surface area contributed by atoms with Gasteiger partial charge >= 0.3 is 0 Å². The molecule has 3 heteroatoms. The average molecular weight is 230 g/mol. The minimum Gasteiger partial charge on any atom is -0.396 e. The molecule has 1 aromatic carbocycles.